The van der Waals surface area contributed by atoms with Gasteiger partial charge in [0.1, 0.15) is 5.54 Å². The average Bonchev–Trinajstić information content (AvgIpc) is 2.83. The molecule has 0 bridgehead atoms. The molecular formula is C16H33N3O2. The lowest BCUT2D eigenvalue weighted by atomic mass is 9.92. The van der Waals surface area contributed by atoms with Gasteiger partial charge in [-0.3, -0.25) is 4.79 Å². The Morgan fingerprint density at radius 1 is 1.57 bits per heavy atom. The van der Waals surface area contributed by atoms with Gasteiger partial charge in [0.25, 0.3) is 0 Å². The summed E-state index contributed by atoms with van der Waals surface area (Å²) in [6, 6.07) is 0.961. The number of likely N-dealkylation sites (N-methyl/N-ethyl adjacent to an activating group) is 3. The number of hydrogen-bond acceptors (Lipinski definition) is 5. The van der Waals surface area contributed by atoms with E-state index >= 15 is 0 Å². The second-order valence-corrected chi connectivity index (χ2v) is 6.62. The predicted molar refractivity (Wildman–Crippen MR) is 86.5 cm³/mol. The molecule has 3 atom stereocenters. The number of rotatable bonds is 8. The van der Waals surface area contributed by atoms with E-state index in [9.17, 15) is 4.79 Å². The highest BCUT2D eigenvalue weighted by Crippen LogP contribution is 2.20. The fourth-order valence-electron chi connectivity index (χ4n) is 3.31. The third-order valence-electron chi connectivity index (χ3n) is 4.83. The lowest BCUT2D eigenvalue weighted by molar-refractivity contribution is -0.148. The Kier molecular flexibility index (Phi) is 7.10. The summed E-state index contributed by atoms with van der Waals surface area (Å²) in [6.45, 7) is 9.16. The molecule has 0 aromatic rings. The Labute approximate surface area is 130 Å². The summed E-state index contributed by atoms with van der Waals surface area (Å²) >= 11 is 0. The van der Waals surface area contributed by atoms with Crippen molar-refractivity contribution in [1.29, 1.82) is 0 Å². The van der Waals surface area contributed by atoms with Crippen molar-refractivity contribution < 1.29 is 9.53 Å². The Morgan fingerprint density at radius 2 is 2.24 bits per heavy atom. The third-order valence-corrected chi connectivity index (χ3v) is 4.83. The highest BCUT2D eigenvalue weighted by molar-refractivity contribution is 5.80. The van der Waals surface area contributed by atoms with Crippen LogP contribution in [0.2, 0.25) is 0 Å². The molecule has 0 amide bonds. The summed E-state index contributed by atoms with van der Waals surface area (Å²) in [4.78, 5) is 16.9. The van der Waals surface area contributed by atoms with Gasteiger partial charge in [0.05, 0.1) is 7.11 Å². The van der Waals surface area contributed by atoms with Crippen LogP contribution in [0, 0.1) is 0 Å². The van der Waals surface area contributed by atoms with Gasteiger partial charge in [-0.2, -0.15) is 0 Å². The molecule has 3 unspecified atom stereocenters. The fraction of sp³-hybridized carbons (Fsp3) is 0.938. The van der Waals surface area contributed by atoms with E-state index in [1.54, 1.807) is 0 Å². The fourth-order valence-corrected chi connectivity index (χ4v) is 3.31. The number of carbonyl (C=O) groups is 1. The molecule has 1 saturated heterocycles. The van der Waals surface area contributed by atoms with Crippen LogP contribution in [0.1, 0.15) is 40.0 Å². The molecule has 0 aromatic heterocycles. The number of likely N-dealkylation sites (tertiary alicyclic amines) is 1. The summed E-state index contributed by atoms with van der Waals surface area (Å²) in [6.07, 6.45) is 3.32. The second-order valence-electron chi connectivity index (χ2n) is 6.62. The zero-order valence-electron chi connectivity index (χ0n) is 14.6. The van der Waals surface area contributed by atoms with Crippen molar-refractivity contribution >= 4 is 5.97 Å². The van der Waals surface area contributed by atoms with Crippen molar-refractivity contribution in [2.24, 2.45) is 0 Å². The maximum atomic E-state index is 12.1. The molecule has 0 aliphatic carbocycles. The minimum atomic E-state index is -0.612. The van der Waals surface area contributed by atoms with Gasteiger partial charge < -0.3 is 19.9 Å². The highest BCUT2D eigenvalue weighted by atomic mass is 16.5. The Balaban J connectivity index is 2.59. The zero-order valence-corrected chi connectivity index (χ0v) is 14.6. The largest absolute Gasteiger partial charge is 0.468 e. The molecule has 1 heterocycles. The summed E-state index contributed by atoms with van der Waals surface area (Å²) in [5.74, 6) is -0.178. The number of ether oxygens (including phenoxy) is 1. The zero-order chi connectivity index (χ0) is 16.0. The molecule has 21 heavy (non-hydrogen) atoms. The minimum absolute atomic E-state index is 0.178. The van der Waals surface area contributed by atoms with E-state index in [-0.39, 0.29) is 5.97 Å². The first-order valence-corrected chi connectivity index (χ1v) is 8.08. The van der Waals surface area contributed by atoms with Gasteiger partial charge in [0.15, 0.2) is 0 Å². The summed E-state index contributed by atoms with van der Waals surface area (Å²) in [5, 5.41) is 3.29. The van der Waals surface area contributed by atoms with Crippen LogP contribution in [0.5, 0.6) is 0 Å². The minimum Gasteiger partial charge on any atom is -0.468 e. The first-order chi connectivity index (χ1) is 9.84. The first-order valence-electron chi connectivity index (χ1n) is 8.08. The number of carbonyl (C=O) groups excluding carboxylic acids is 1. The van der Waals surface area contributed by atoms with Crippen molar-refractivity contribution in [3.8, 4) is 0 Å². The number of esters is 1. The molecule has 1 aliphatic rings. The van der Waals surface area contributed by atoms with Gasteiger partial charge in [-0.15, -0.1) is 0 Å². The van der Waals surface area contributed by atoms with Crippen LogP contribution >= 0.6 is 0 Å². The van der Waals surface area contributed by atoms with Crippen LogP contribution < -0.4 is 5.32 Å². The van der Waals surface area contributed by atoms with E-state index in [2.05, 4.69) is 36.1 Å². The van der Waals surface area contributed by atoms with E-state index in [1.807, 2.05) is 13.8 Å². The summed E-state index contributed by atoms with van der Waals surface area (Å²) in [5.41, 5.74) is -0.612. The smallest absolute Gasteiger partial charge is 0.325 e. The summed E-state index contributed by atoms with van der Waals surface area (Å²) < 4.78 is 4.97. The van der Waals surface area contributed by atoms with Crippen molar-refractivity contribution in [3.63, 3.8) is 0 Å². The monoisotopic (exact) mass is 299 g/mol. The molecule has 0 radical (unpaired) electrons. The van der Waals surface area contributed by atoms with E-state index < -0.39 is 5.54 Å². The number of nitrogens with zero attached hydrogens (tertiary/aromatic N) is 2. The van der Waals surface area contributed by atoms with E-state index in [4.69, 9.17) is 4.74 Å². The lowest BCUT2D eigenvalue weighted by Crippen LogP contribution is -2.54. The first kappa shape index (κ1) is 18.4. The van der Waals surface area contributed by atoms with Crippen LogP contribution in [0.3, 0.4) is 0 Å². The molecule has 5 heteroatoms. The molecule has 0 saturated carbocycles. The molecule has 1 rings (SSSR count). The van der Waals surface area contributed by atoms with Gasteiger partial charge >= 0.3 is 5.97 Å². The van der Waals surface area contributed by atoms with Crippen molar-refractivity contribution in [3.05, 3.63) is 0 Å². The molecule has 1 N–H and O–H groups in total. The topological polar surface area (TPSA) is 44.8 Å². The number of methoxy groups -OCH3 is 1. The lowest BCUT2D eigenvalue weighted by Gasteiger charge is -2.36. The van der Waals surface area contributed by atoms with Crippen LogP contribution in [0.4, 0.5) is 0 Å². The van der Waals surface area contributed by atoms with E-state index in [0.717, 1.165) is 19.5 Å². The molecular weight excluding hydrogens is 266 g/mol. The van der Waals surface area contributed by atoms with Crippen molar-refractivity contribution in [2.45, 2.75) is 57.7 Å². The van der Waals surface area contributed by atoms with Crippen molar-refractivity contribution in [1.82, 2.24) is 15.1 Å². The summed E-state index contributed by atoms with van der Waals surface area (Å²) in [7, 11) is 5.81. The normalized spacial score (nSPS) is 24.0. The van der Waals surface area contributed by atoms with Crippen LogP contribution in [-0.2, 0) is 9.53 Å². The molecule has 0 spiro atoms. The molecule has 124 valence electrons. The average molecular weight is 299 g/mol. The number of hydrogen-bond donors (Lipinski definition) is 1. The van der Waals surface area contributed by atoms with Gasteiger partial charge in [0, 0.05) is 18.6 Å². The standard InChI is InChI=1S/C16H33N3O2/c1-7-17-16(3,15(20)21-6)11-13(2)19(5)12-14-9-8-10-18(14)4/h13-14,17H,7-12H2,1-6H3. The van der Waals surface area contributed by atoms with E-state index in [1.165, 1.54) is 26.5 Å². The maximum Gasteiger partial charge on any atom is 0.325 e. The van der Waals surface area contributed by atoms with Crippen LogP contribution in [0.25, 0.3) is 0 Å². The van der Waals surface area contributed by atoms with Gasteiger partial charge in [-0.05, 0) is 60.3 Å². The maximum absolute atomic E-state index is 12.1. The molecule has 1 fully saturated rings. The van der Waals surface area contributed by atoms with E-state index in [0.29, 0.717) is 12.1 Å². The second kappa shape index (κ2) is 8.11. The molecule has 0 aromatic carbocycles. The Hall–Kier alpha value is -0.650. The SMILES string of the molecule is CCNC(C)(CC(C)N(C)CC1CCCN1C)C(=O)OC. The predicted octanol–water partition coefficient (Wildman–Crippen LogP) is 1.33. The third kappa shape index (κ3) is 4.94. The Morgan fingerprint density at radius 3 is 2.71 bits per heavy atom. The number of nitrogens with one attached hydrogen (secondary N) is 1. The quantitative estimate of drug-likeness (QED) is 0.685. The van der Waals surface area contributed by atoms with Crippen LogP contribution in [-0.4, -0.2) is 74.2 Å². The van der Waals surface area contributed by atoms with Gasteiger partial charge in [-0.1, -0.05) is 6.92 Å². The Bertz CT molecular complexity index is 337. The molecule has 1 aliphatic heterocycles. The molecule has 5 nitrogen and oxygen atoms in total. The highest BCUT2D eigenvalue weighted by Gasteiger charge is 2.36. The van der Waals surface area contributed by atoms with Gasteiger partial charge in [0.2, 0.25) is 0 Å². The van der Waals surface area contributed by atoms with Crippen molar-refractivity contribution in [2.75, 3.05) is 40.8 Å². The van der Waals surface area contributed by atoms with Gasteiger partial charge in [-0.25, -0.2) is 0 Å². The van der Waals surface area contributed by atoms with Crippen LogP contribution in [0.15, 0.2) is 0 Å².